The summed E-state index contributed by atoms with van der Waals surface area (Å²) in [6.07, 6.45) is 4.10. The topological polar surface area (TPSA) is 47.8 Å². The molecule has 0 saturated carbocycles. The molecule has 4 nitrogen and oxygen atoms in total. The minimum atomic E-state index is 0.0443. The summed E-state index contributed by atoms with van der Waals surface area (Å²) in [5.41, 5.74) is 2.06. The standard InChI is InChI=1S/C14H15N3O/c1-17-13(15-9-16-17)8-11-7-6-10-4-2-3-5-12(10)14(11)18/h2-5,9,11H,6-8H2,1H3. The number of ketones is 1. The molecule has 1 atom stereocenters. The van der Waals surface area contributed by atoms with Gasteiger partial charge < -0.3 is 0 Å². The Morgan fingerprint density at radius 3 is 3.00 bits per heavy atom. The van der Waals surface area contributed by atoms with Gasteiger partial charge in [-0.3, -0.25) is 9.48 Å². The normalized spacial score (nSPS) is 18.7. The molecule has 0 fully saturated rings. The number of Topliss-reactive ketones (excluding diaryl/α,β-unsaturated/α-hetero) is 1. The molecule has 1 aliphatic rings. The van der Waals surface area contributed by atoms with Gasteiger partial charge in [0.15, 0.2) is 5.78 Å². The van der Waals surface area contributed by atoms with Crippen LogP contribution in [0.5, 0.6) is 0 Å². The zero-order chi connectivity index (χ0) is 12.5. The van der Waals surface area contributed by atoms with Crippen molar-refractivity contribution in [2.75, 3.05) is 0 Å². The molecule has 0 aliphatic heterocycles. The van der Waals surface area contributed by atoms with Crippen LogP contribution in [0.2, 0.25) is 0 Å². The summed E-state index contributed by atoms with van der Waals surface area (Å²) in [6.45, 7) is 0. The van der Waals surface area contributed by atoms with E-state index in [4.69, 9.17) is 0 Å². The van der Waals surface area contributed by atoms with E-state index in [-0.39, 0.29) is 11.7 Å². The molecule has 92 valence electrons. The van der Waals surface area contributed by atoms with Crippen molar-refractivity contribution in [3.8, 4) is 0 Å². The Kier molecular flexibility index (Phi) is 2.70. The van der Waals surface area contributed by atoms with Crippen molar-refractivity contribution in [1.29, 1.82) is 0 Å². The van der Waals surface area contributed by atoms with Gasteiger partial charge in [-0.05, 0) is 18.4 Å². The highest BCUT2D eigenvalue weighted by Gasteiger charge is 2.28. The second kappa shape index (κ2) is 4.37. The fourth-order valence-electron chi connectivity index (χ4n) is 2.58. The predicted molar refractivity (Wildman–Crippen MR) is 67.3 cm³/mol. The minimum Gasteiger partial charge on any atom is -0.294 e. The van der Waals surface area contributed by atoms with Crippen LogP contribution in [-0.4, -0.2) is 20.5 Å². The first-order valence-corrected chi connectivity index (χ1v) is 6.20. The minimum absolute atomic E-state index is 0.0443. The van der Waals surface area contributed by atoms with E-state index in [0.29, 0.717) is 6.42 Å². The molecule has 0 bridgehead atoms. The Labute approximate surface area is 106 Å². The number of benzene rings is 1. The Morgan fingerprint density at radius 2 is 2.22 bits per heavy atom. The molecule has 1 aromatic carbocycles. The number of nitrogens with zero attached hydrogens (tertiary/aromatic N) is 3. The molecule has 1 aliphatic carbocycles. The number of hydrogen-bond donors (Lipinski definition) is 0. The molecule has 4 heteroatoms. The van der Waals surface area contributed by atoms with E-state index in [1.807, 2.05) is 31.3 Å². The fourth-order valence-corrected chi connectivity index (χ4v) is 2.58. The number of carbonyl (C=O) groups excluding carboxylic acids is 1. The van der Waals surface area contributed by atoms with Gasteiger partial charge in [-0.1, -0.05) is 24.3 Å². The van der Waals surface area contributed by atoms with Gasteiger partial charge in [0.25, 0.3) is 0 Å². The molecule has 1 aromatic heterocycles. The highest BCUT2D eigenvalue weighted by molar-refractivity contribution is 6.00. The Bertz CT molecular complexity index is 588. The second-order valence-corrected chi connectivity index (χ2v) is 4.76. The van der Waals surface area contributed by atoms with E-state index in [0.717, 1.165) is 24.2 Å². The fraction of sp³-hybridized carbons (Fsp3) is 0.357. The zero-order valence-electron chi connectivity index (χ0n) is 10.3. The molecule has 0 spiro atoms. The van der Waals surface area contributed by atoms with Gasteiger partial charge in [-0.25, -0.2) is 4.98 Å². The molecule has 0 amide bonds. The summed E-state index contributed by atoms with van der Waals surface area (Å²) in [4.78, 5) is 16.6. The van der Waals surface area contributed by atoms with E-state index in [9.17, 15) is 4.79 Å². The first-order valence-electron chi connectivity index (χ1n) is 6.20. The highest BCUT2D eigenvalue weighted by Crippen LogP contribution is 2.27. The van der Waals surface area contributed by atoms with Crippen molar-refractivity contribution in [1.82, 2.24) is 14.8 Å². The quantitative estimate of drug-likeness (QED) is 0.805. The summed E-state index contributed by atoms with van der Waals surface area (Å²) in [6, 6.07) is 7.91. The maximum Gasteiger partial charge on any atom is 0.166 e. The molecule has 0 N–H and O–H groups in total. The summed E-state index contributed by atoms with van der Waals surface area (Å²) < 4.78 is 1.74. The van der Waals surface area contributed by atoms with Crippen LogP contribution >= 0.6 is 0 Å². The number of rotatable bonds is 2. The summed E-state index contributed by atoms with van der Waals surface area (Å²) in [5, 5.41) is 4.05. The first-order chi connectivity index (χ1) is 8.75. The third kappa shape index (κ3) is 1.83. The lowest BCUT2D eigenvalue weighted by Crippen LogP contribution is -2.25. The Balaban J connectivity index is 1.85. The van der Waals surface area contributed by atoms with Crippen molar-refractivity contribution >= 4 is 5.78 Å². The van der Waals surface area contributed by atoms with E-state index < -0.39 is 0 Å². The number of aromatic nitrogens is 3. The van der Waals surface area contributed by atoms with Crippen LogP contribution in [0.25, 0.3) is 0 Å². The molecule has 3 rings (SSSR count). The number of fused-ring (bicyclic) bond motifs is 1. The van der Waals surface area contributed by atoms with Crippen molar-refractivity contribution < 1.29 is 4.79 Å². The van der Waals surface area contributed by atoms with Crippen LogP contribution in [0.3, 0.4) is 0 Å². The predicted octanol–water partition coefficient (Wildman–Crippen LogP) is 1.80. The molecular formula is C14H15N3O. The van der Waals surface area contributed by atoms with Gasteiger partial charge in [0, 0.05) is 24.9 Å². The van der Waals surface area contributed by atoms with Crippen molar-refractivity contribution in [3.63, 3.8) is 0 Å². The third-order valence-corrected chi connectivity index (χ3v) is 3.65. The number of hydrogen-bond acceptors (Lipinski definition) is 3. The van der Waals surface area contributed by atoms with Gasteiger partial charge in [-0.15, -0.1) is 0 Å². The third-order valence-electron chi connectivity index (χ3n) is 3.65. The van der Waals surface area contributed by atoms with Gasteiger partial charge >= 0.3 is 0 Å². The molecule has 1 unspecified atom stereocenters. The van der Waals surface area contributed by atoms with Gasteiger partial charge in [0.2, 0.25) is 0 Å². The maximum absolute atomic E-state index is 12.4. The van der Waals surface area contributed by atoms with Crippen LogP contribution in [0, 0.1) is 5.92 Å². The summed E-state index contributed by atoms with van der Waals surface area (Å²) in [7, 11) is 1.86. The van der Waals surface area contributed by atoms with E-state index >= 15 is 0 Å². The van der Waals surface area contributed by atoms with Gasteiger partial charge in [-0.2, -0.15) is 5.10 Å². The smallest absolute Gasteiger partial charge is 0.166 e. The Hall–Kier alpha value is -1.97. The number of aryl methyl sites for hydroxylation is 2. The van der Waals surface area contributed by atoms with E-state index in [2.05, 4.69) is 10.1 Å². The average Bonchev–Trinajstić information content (AvgIpc) is 2.79. The number of carbonyl (C=O) groups is 1. The Morgan fingerprint density at radius 1 is 1.39 bits per heavy atom. The lowest BCUT2D eigenvalue weighted by Gasteiger charge is -2.22. The van der Waals surface area contributed by atoms with Crippen molar-refractivity contribution in [2.24, 2.45) is 13.0 Å². The highest BCUT2D eigenvalue weighted by atomic mass is 16.1. The molecule has 0 saturated heterocycles. The van der Waals surface area contributed by atoms with Crippen LogP contribution < -0.4 is 0 Å². The van der Waals surface area contributed by atoms with Gasteiger partial charge in [0.1, 0.15) is 12.2 Å². The van der Waals surface area contributed by atoms with Crippen LogP contribution in [0.1, 0.15) is 28.2 Å². The van der Waals surface area contributed by atoms with Crippen LogP contribution in [0.4, 0.5) is 0 Å². The summed E-state index contributed by atoms with van der Waals surface area (Å²) >= 11 is 0. The zero-order valence-corrected chi connectivity index (χ0v) is 10.3. The first kappa shape index (κ1) is 11.1. The molecular weight excluding hydrogens is 226 g/mol. The van der Waals surface area contributed by atoms with E-state index in [1.165, 1.54) is 11.9 Å². The SMILES string of the molecule is Cn1ncnc1CC1CCc2ccccc2C1=O. The average molecular weight is 241 g/mol. The van der Waals surface area contributed by atoms with Crippen LogP contribution in [0.15, 0.2) is 30.6 Å². The van der Waals surface area contributed by atoms with Gasteiger partial charge in [0.05, 0.1) is 0 Å². The molecule has 1 heterocycles. The molecule has 18 heavy (non-hydrogen) atoms. The lowest BCUT2D eigenvalue weighted by atomic mass is 9.81. The lowest BCUT2D eigenvalue weighted by molar-refractivity contribution is 0.0899. The summed E-state index contributed by atoms with van der Waals surface area (Å²) in [5.74, 6) is 1.18. The molecule has 2 aromatic rings. The second-order valence-electron chi connectivity index (χ2n) is 4.76. The van der Waals surface area contributed by atoms with Crippen LogP contribution in [-0.2, 0) is 19.9 Å². The monoisotopic (exact) mass is 241 g/mol. The molecule has 0 radical (unpaired) electrons. The van der Waals surface area contributed by atoms with Crippen molar-refractivity contribution in [3.05, 3.63) is 47.5 Å². The van der Waals surface area contributed by atoms with E-state index in [1.54, 1.807) is 4.68 Å². The maximum atomic E-state index is 12.4. The van der Waals surface area contributed by atoms with Crippen molar-refractivity contribution in [2.45, 2.75) is 19.3 Å². The largest absolute Gasteiger partial charge is 0.294 e.